The highest BCUT2D eigenvalue weighted by molar-refractivity contribution is 6.06. The van der Waals surface area contributed by atoms with Crippen molar-refractivity contribution in [3.05, 3.63) is 65.9 Å². The minimum Gasteiger partial charge on any atom is -0.492 e. The molecule has 4 rings (SSSR count). The molecular weight excluding hydrogens is 390 g/mol. The Kier molecular flexibility index (Phi) is 6.89. The van der Waals surface area contributed by atoms with E-state index in [2.05, 4.69) is 17.3 Å². The van der Waals surface area contributed by atoms with Gasteiger partial charge in [-0.15, -0.1) is 0 Å². The average Bonchev–Trinajstić information content (AvgIpc) is 3.15. The first kappa shape index (κ1) is 21.4. The Morgan fingerprint density at radius 1 is 1.19 bits per heavy atom. The molecule has 0 atom stereocenters. The molecule has 0 radical (unpaired) electrons. The predicted octanol–water partition coefficient (Wildman–Crippen LogP) is 3.60. The van der Waals surface area contributed by atoms with Crippen LogP contribution >= 0.6 is 0 Å². The number of aromatic nitrogens is 1. The van der Waals surface area contributed by atoms with Gasteiger partial charge in [0, 0.05) is 56.5 Å². The number of benzene rings is 2. The van der Waals surface area contributed by atoms with Gasteiger partial charge in [-0.25, -0.2) is 0 Å². The van der Waals surface area contributed by atoms with Gasteiger partial charge < -0.3 is 19.4 Å². The lowest BCUT2D eigenvalue weighted by molar-refractivity contribution is 0.0392. The molecule has 0 spiro atoms. The molecule has 1 aliphatic heterocycles. The van der Waals surface area contributed by atoms with Crippen LogP contribution in [0.3, 0.4) is 0 Å². The normalized spacial score (nSPS) is 14.8. The van der Waals surface area contributed by atoms with Crippen molar-refractivity contribution in [3.63, 3.8) is 0 Å². The fourth-order valence-corrected chi connectivity index (χ4v) is 4.16. The summed E-state index contributed by atoms with van der Waals surface area (Å²) in [6.07, 6.45) is 4.05. The van der Waals surface area contributed by atoms with Gasteiger partial charge in [0.1, 0.15) is 12.4 Å². The quantitative estimate of drug-likeness (QED) is 0.604. The number of nitrogens with zero attached hydrogens (tertiary/aromatic N) is 2. The lowest BCUT2D eigenvalue weighted by Crippen LogP contribution is -2.38. The predicted molar refractivity (Wildman–Crippen MR) is 122 cm³/mol. The molecule has 31 heavy (non-hydrogen) atoms. The van der Waals surface area contributed by atoms with Crippen molar-refractivity contribution in [2.75, 3.05) is 33.4 Å². The van der Waals surface area contributed by atoms with Crippen LogP contribution in [0.25, 0.3) is 10.9 Å². The van der Waals surface area contributed by atoms with Gasteiger partial charge in [-0.2, -0.15) is 0 Å². The number of para-hydroxylation sites is 1. The number of aryl methyl sites for hydroxylation is 1. The highest BCUT2D eigenvalue weighted by Crippen LogP contribution is 2.20. The van der Waals surface area contributed by atoms with E-state index in [1.165, 1.54) is 0 Å². The number of hydrogen-bond acceptors (Lipinski definition) is 4. The molecule has 3 aromatic rings. The van der Waals surface area contributed by atoms with E-state index in [0.717, 1.165) is 54.8 Å². The van der Waals surface area contributed by atoms with Crippen molar-refractivity contribution in [1.29, 1.82) is 0 Å². The number of ether oxygens (including phenoxy) is 2. The van der Waals surface area contributed by atoms with Crippen molar-refractivity contribution in [2.45, 2.75) is 25.4 Å². The molecule has 1 N–H and O–H groups in total. The minimum absolute atomic E-state index is 0.0683. The molecule has 1 aromatic heterocycles. The molecule has 2 aromatic carbocycles. The fraction of sp³-hybridized carbons (Fsp3) is 0.400. The van der Waals surface area contributed by atoms with Gasteiger partial charge in [-0.3, -0.25) is 9.69 Å². The molecular formula is C25H31N3O3. The van der Waals surface area contributed by atoms with Gasteiger partial charge in [-0.1, -0.05) is 30.3 Å². The monoisotopic (exact) mass is 421 g/mol. The number of carbonyl (C=O) groups is 1. The third-order valence-corrected chi connectivity index (χ3v) is 6.02. The summed E-state index contributed by atoms with van der Waals surface area (Å²) < 4.78 is 13.4. The summed E-state index contributed by atoms with van der Waals surface area (Å²) >= 11 is 0. The van der Waals surface area contributed by atoms with Crippen LogP contribution in [0.2, 0.25) is 0 Å². The first-order chi connectivity index (χ1) is 15.1. The summed E-state index contributed by atoms with van der Waals surface area (Å²) in [4.78, 5) is 15.1. The molecule has 0 bridgehead atoms. The smallest absolute Gasteiger partial charge is 0.253 e. The Morgan fingerprint density at radius 3 is 2.84 bits per heavy atom. The van der Waals surface area contributed by atoms with Gasteiger partial charge >= 0.3 is 0 Å². The Bertz CT molecular complexity index is 1020. The lowest BCUT2D eigenvalue weighted by atomic mass is 10.1. The van der Waals surface area contributed by atoms with Crippen molar-refractivity contribution in [3.8, 4) is 5.75 Å². The number of fused-ring (bicyclic) bond motifs is 1. The standard InChI is InChI=1S/C25H31N3O3/c1-27(20-10-13-30-14-11-20)12-15-31-21-7-5-6-19(16-21)17-26-25(29)23-18-28(2)24-9-4-3-8-22(23)24/h3-9,16,18,20H,10-15,17H2,1-2H3,(H,26,29). The van der Waals surface area contributed by atoms with Crippen molar-refractivity contribution < 1.29 is 14.3 Å². The number of carbonyl (C=O) groups excluding carboxylic acids is 1. The van der Waals surface area contributed by atoms with E-state index in [4.69, 9.17) is 9.47 Å². The molecule has 6 heteroatoms. The van der Waals surface area contributed by atoms with E-state index in [1.807, 2.05) is 66.3 Å². The SMILES string of the molecule is CN(CCOc1cccc(CNC(=O)c2cn(C)c3ccccc23)c1)C1CCOCC1. The topological polar surface area (TPSA) is 55.7 Å². The van der Waals surface area contributed by atoms with Crippen LogP contribution < -0.4 is 10.1 Å². The molecule has 0 unspecified atom stereocenters. The third kappa shape index (κ3) is 5.27. The highest BCUT2D eigenvalue weighted by atomic mass is 16.5. The molecule has 1 amide bonds. The van der Waals surface area contributed by atoms with Crippen LogP contribution in [0.4, 0.5) is 0 Å². The molecule has 1 fully saturated rings. The number of likely N-dealkylation sites (N-methyl/N-ethyl adjacent to an activating group) is 1. The van der Waals surface area contributed by atoms with E-state index in [9.17, 15) is 4.79 Å². The van der Waals surface area contributed by atoms with Crippen LogP contribution in [-0.4, -0.2) is 54.8 Å². The molecule has 1 saturated heterocycles. The van der Waals surface area contributed by atoms with E-state index in [1.54, 1.807) is 0 Å². The maximum Gasteiger partial charge on any atom is 0.253 e. The summed E-state index contributed by atoms with van der Waals surface area (Å²) in [6, 6.07) is 16.5. The average molecular weight is 422 g/mol. The molecule has 6 nitrogen and oxygen atoms in total. The molecule has 164 valence electrons. The first-order valence-corrected chi connectivity index (χ1v) is 10.9. The van der Waals surface area contributed by atoms with Gasteiger partial charge in [0.25, 0.3) is 5.91 Å². The lowest BCUT2D eigenvalue weighted by Gasteiger charge is -2.31. The molecule has 0 saturated carbocycles. The molecule has 0 aliphatic carbocycles. The van der Waals surface area contributed by atoms with Gasteiger partial charge in [0.15, 0.2) is 0 Å². The van der Waals surface area contributed by atoms with Crippen molar-refractivity contribution >= 4 is 16.8 Å². The molecule has 2 heterocycles. The third-order valence-electron chi connectivity index (χ3n) is 6.02. The van der Waals surface area contributed by atoms with E-state index >= 15 is 0 Å². The second-order valence-corrected chi connectivity index (χ2v) is 8.17. The minimum atomic E-state index is -0.0683. The summed E-state index contributed by atoms with van der Waals surface area (Å²) in [7, 11) is 4.11. The zero-order chi connectivity index (χ0) is 21.6. The van der Waals surface area contributed by atoms with Crippen LogP contribution in [0.1, 0.15) is 28.8 Å². The fourth-order valence-electron chi connectivity index (χ4n) is 4.16. The van der Waals surface area contributed by atoms with Crippen molar-refractivity contribution in [1.82, 2.24) is 14.8 Å². The highest BCUT2D eigenvalue weighted by Gasteiger charge is 2.18. The Balaban J connectivity index is 1.29. The zero-order valence-corrected chi connectivity index (χ0v) is 18.3. The number of hydrogen-bond donors (Lipinski definition) is 1. The Morgan fingerprint density at radius 2 is 2.00 bits per heavy atom. The number of rotatable bonds is 8. The first-order valence-electron chi connectivity index (χ1n) is 10.9. The summed E-state index contributed by atoms with van der Waals surface area (Å²) in [5.41, 5.74) is 2.76. The summed E-state index contributed by atoms with van der Waals surface area (Å²) in [5.74, 6) is 0.762. The second-order valence-electron chi connectivity index (χ2n) is 8.17. The Labute approximate surface area is 183 Å². The maximum atomic E-state index is 12.8. The zero-order valence-electron chi connectivity index (χ0n) is 18.3. The van der Waals surface area contributed by atoms with Crippen molar-refractivity contribution in [2.24, 2.45) is 7.05 Å². The molecule has 1 aliphatic rings. The van der Waals surface area contributed by atoms with Crippen LogP contribution in [0.5, 0.6) is 5.75 Å². The van der Waals surface area contributed by atoms with Crippen LogP contribution in [-0.2, 0) is 18.3 Å². The number of amides is 1. The van der Waals surface area contributed by atoms with Crippen LogP contribution in [0.15, 0.2) is 54.7 Å². The van der Waals surface area contributed by atoms with Gasteiger partial charge in [0.05, 0.1) is 5.56 Å². The largest absolute Gasteiger partial charge is 0.492 e. The maximum absolute atomic E-state index is 12.8. The van der Waals surface area contributed by atoms with Gasteiger partial charge in [0.2, 0.25) is 0 Å². The van der Waals surface area contributed by atoms with E-state index < -0.39 is 0 Å². The van der Waals surface area contributed by atoms with Crippen LogP contribution in [0, 0.1) is 0 Å². The summed E-state index contributed by atoms with van der Waals surface area (Å²) in [5, 5.41) is 4.00. The summed E-state index contributed by atoms with van der Waals surface area (Å²) in [6.45, 7) is 3.68. The second kappa shape index (κ2) is 9.98. The van der Waals surface area contributed by atoms with E-state index in [0.29, 0.717) is 24.8 Å². The number of nitrogens with one attached hydrogen (secondary N) is 1. The van der Waals surface area contributed by atoms with E-state index in [-0.39, 0.29) is 5.91 Å². The van der Waals surface area contributed by atoms with Gasteiger partial charge in [-0.05, 0) is 43.7 Å². The Hall–Kier alpha value is -2.83.